The van der Waals surface area contributed by atoms with Crippen LogP contribution < -0.4 is 14.4 Å². The molecule has 1 fully saturated rings. The summed E-state index contributed by atoms with van der Waals surface area (Å²) in [6.45, 7) is 0. The van der Waals surface area contributed by atoms with Crippen LogP contribution in [-0.2, 0) is 6.42 Å². The maximum atomic E-state index is 13.6. The molecule has 148 valence electrons. The molecule has 3 aromatic rings. The summed E-state index contributed by atoms with van der Waals surface area (Å²) in [5.74, 6) is 2.57. The Balaban J connectivity index is 1.56. The summed E-state index contributed by atoms with van der Waals surface area (Å²) in [7, 11) is 3.13. The molecule has 1 saturated carbocycles. The fourth-order valence-electron chi connectivity index (χ4n) is 3.79. The van der Waals surface area contributed by atoms with Gasteiger partial charge in [-0.2, -0.15) is 4.98 Å². The number of hydrogen-bond acceptors (Lipinski definition) is 6. The predicted octanol–water partition coefficient (Wildman–Crippen LogP) is 3.91. The fourth-order valence-corrected chi connectivity index (χ4v) is 3.79. The lowest BCUT2D eigenvalue weighted by Gasteiger charge is -2.23. The van der Waals surface area contributed by atoms with Crippen LogP contribution in [0.25, 0.3) is 0 Å². The highest BCUT2D eigenvalue weighted by molar-refractivity contribution is 6.08. The van der Waals surface area contributed by atoms with Crippen LogP contribution in [0.1, 0.15) is 52.4 Å². The molecule has 7 heteroatoms. The predicted molar refractivity (Wildman–Crippen MR) is 106 cm³/mol. The Bertz CT molecular complexity index is 1050. The lowest BCUT2D eigenvalue weighted by Crippen LogP contribution is -2.32. The van der Waals surface area contributed by atoms with Crippen LogP contribution in [0.3, 0.4) is 0 Å². The first-order valence-electron chi connectivity index (χ1n) is 9.66. The molecule has 2 heterocycles. The second-order valence-corrected chi connectivity index (χ2v) is 7.39. The van der Waals surface area contributed by atoms with E-state index in [9.17, 15) is 4.79 Å². The highest BCUT2D eigenvalue weighted by Gasteiger charge is 2.40. The summed E-state index contributed by atoms with van der Waals surface area (Å²) in [5.41, 5.74) is 2.41. The number of ether oxygens (including phenoxy) is 2. The standard InChI is InChI=1S/C22H21N3O4/c1-27-16-9-15(10-17(12-16)28-2)22(26)25-18-6-4-3-5-14(18)11-19(25)21-23-20(24-29-21)13-7-8-13/h3-6,9-10,12-13,19H,7-8,11H2,1-2H3. The van der Waals surface area contributed by atoms with E-state index in [1.165, 1.54) is 0 Å². The second-order valence-electron chi connectivity index (χ2n) is 7.39. The van der Waals surface area contributed by atoms with Crippen LogP contribution in [0, 0.1) is 0 Å². The SMILES string of the molecule is COc1cc(OC)cc(C(=O)N2c3ccccc3CC2c2nc(C3CC3)no2)c1. The summed E-state index contributed by atoms with van der Waals surface area (Å²) < 4.78 is 16.3. The smallest absolute Gasteiger partial charge is 0.259 e. The average Bonchev–Trinajstić information content (AvgIpc) is 3.36. The third-order valence-corrected chi connectivity index (χ3v) is 5.48. The zero-order valence-electron chi connectivity index (χ0n) is 16.3. The van der Waals surface area contributed by atoms with Crippen molar-refractivity contribution >= 4 is 11.6 Å². The quantitative estimate of drug-likeness (QED) is 0.656. The molecule has 1 atom stereocenters. The van der Waals surface area contributed by atoms with Crippen molar-refractivity contribution in [2.75, 3.05) is 19.1 Å². The average molecular weight is 391 g/mol. The Morgan fingerprint density at radius 1 is 1.10 bits per heavy atom. The first kappa shape index (κ1) is 17.7. The molecule has 2 aliphatic rings. The van der Waals surface area contributed by atoms with E-state index in [4.69, 9.17) is 14.0 Å². The largest absolute Gasteiger partial charge is 0.497 e. The Labute approximate surface area is 168 Å². The van der Waals surface area contributed by atoms with Crippen LogP contribution in [0.4, 0.5) is 5.69 Å². The van der Waals surface area contributed by atoms with Crippen molar-refractivity contribution in [2.45, 2.75) is 31.2 Å². The highest BCUT2D eigenvalue weighted by Crippen LogP contribution is 2.43. The van der Waals surface area contributed by atoms with Gasteiger partial charge in [0.1, 0.15) is 17.5 Å². The summed E-state index contributed by atoms with van der Waals surface area (Å²) in [6.07, 6.45) is 2.82. The summed E-state index contributed by atoms with van der Waals surface area (Å²) in [6, 6.07) is 12.7. The van der Waals surface area contributed by atoms with E-state index in [1.54, 1.807) is 37.3 Å². The number of para-hydroxylation sites is 1. The molecule has 1 aromatic heterocycles. The van der Waals surface area contributed by atoms with Crippen molar-refractivity contribution in [1.29, 1.82) is 0 Å². The number of carbonyl (C=O) groups is 1. The van der Waals surface area contributed by atoms with E-state index in [-0.39, 0.29) is 11.9 Å². The molecule has 0 radical (unpaired) electrons. The van der Waals surface area contributed by atoms with Gasteiger partial charge in [0.05, 0.1) is 14.2 Å². The molecule has 0 saturated heterocycles. The number of rotatable bonds is 5. The Kier molecular flexibility index (Phi) is 4.23. The van der Waals surface area contributed by atoms with Crippen molar-refractivity contribution in [2.24, 2.45) is 0 Å². The number of amides is 1. The molecule has 7 nitrogen and oxygen atoms in total. The molecule has 0 spiro atoms. The van der Waals surface area contributed by atoms with Crippen LogP contribution in [0.15, 0.2) is 47.0 Å². The summed E-state index contributed by atoms with van der Waals surface area (Å²) >= 11 is 0. The molecule has 1 amide bonds. The minimum atomic E-state index is -0.336. The van der Waals surface area contributed by atoms with E-state index in [0.717, 1.165) is 29.9 Å². The Morgan fingerprint density at radius 3 is 2.52 bits per heavy atom. The van der Waals surface area contributed by atoms with E-state index in [1.807, 2.05) is 24.3 Å². The number of carbonyl (C=O) groups excluding carboxylic acids is 1. The lowest BCUT2D eigenvalue weighted by molar-refractivity contribution is 0.0974. The molecule has 0 bridgehead atoms. The topological polar surface area (TPSA) is 77.7 Å². The maximum absolute atomic E-state index is 13.6. The van der Waals surface area contributed by atoms with Crippen molar-refractivity contribution in [3.05, 3.63) is 65.3 Å². The number of anilines is 1. The minimum absolute atomic E-state index is 0.164. The normalized spacial score (nSPS) is 17.9. The molecule has 1 unspecified atom stereocenters. The first-order chi connectivity index (χ1) is 14.2. The lowest BCUT2D eigenvalue weighted by atomic mass is 10.1. The van der Waals surface area contributed by atoms with E-state index in [0.29, 0.717) is 35.3 Å². The van der Waals surface area contributed by atoms with Crippen LogP contribution in [0.5, 0.6) is 11.5 Å². The zero-order chi connectivity index (χ0) is 20.0. The molecular formula is C22H21N3O4. The molecule has 2 aromatic carbocycles. The monoisotopic (exact) mass is 391 g/mol. The van der Waals surface area contributed by atoms with Crippen molar-refractivity contribution < 1.29 is 18.8 Å². The first-order valence-corrected chi connectivity index (χ1v) is 9.66. The van der Waals surface area contributed by atoms with Crippen LogP contribution in [0.2, 0.25) is 0 Å². The highest BCUT2D eigenvalue weighted by atomic mass is 16.5. The molecule has 1 aliphatic carbocycles. The van der Waals surface area contributed by atoms with Gasteiger partial charge in [-0.05, 0) is 36.6 Å². The van der Waals surface area contributed by atoms with Gasteiger partial charge < -0.3 is 14.0 Å². The van der Waals surface area contributed by atoms with Gasteiger partial charge in [-0.15, -0.1) is 0 Å². The van der Waals surface area contributed by atoms with Gasteiger partial charge in [0.25, 0.3) is 5.91 Å². The van der Waals surface area contributed by atoms with Crippen molar-refractivity contribution in [3.63, 3.8) is 0 Å². The second kappa shape index (κ2) is 6.92. The molecule has 5 rings (SSSR count). The van der Waals surface area contributed by atoms with Crippen molar-refractivity contribution in [3.8, 4) is 11.5 Å². The number of benzene rings is 2. The number of hydrogen-bond donors (Lipinski definition) is 0. The van der Waals surface area contributed by atoms with Gasteiger partial charge >= 0.3 is 0 Å². The van der Waals surface area contributed by atoms with Gasteiger partial charge in [-0.1, -0.05) is 23.4 Å². The van der Waals surface area contributed by atoms with Gasteiger partial charge in [-0.3, -0.25) is 9.69 Å². The number of nitrogens with zero attached hydrogens (tertiary/aromatic N) is 3. The number of methoxy groups -OCH3 is 2. The van der Waals surface area contributed by atoms with Gasteiger partial charge in [0.15, 0.2) is 5.82 Å². The summed E-state index contributed by atoms with van der Waals surface area (Å²) in [4.78, 5) is 20.0. The number of aromatic nitrogens is 2. The molecular weight excluding hydrogens is 370 g/mol. The molecule has 0 N–H and O–H groups in total. The third-order valence-electron chi connectivity index (χ3n) is 5.48. The van der Waals surface area contributed by atoms with E-state index >= 15 is 0 Å². The fraction of sp³-hybridized carbons (Fsp3) is 0.318. The molecule has 29 heavy (non-hydrogen) atoms. The van der Waals surface area contributed by atoms with Gasteiger partial charge in [0, 0.05) is 29.7 Å². The molecule has 1 aliphatic heterocycles. The summed E-state index contributed by atoms with van der Waals surface area (Å²) in [5, 5.41) is 4.14. The number of fused-ring (bicyclic) bond motifs is 1. The van der Waals surface area contributed by atoms with Crippen LogP contribution in [-0.4, -0.2) is 30.3 Å². The van der Waals surface area contributed by atoms with E-state index < -0.39 is 0 Å². The van der Waals surface area contributed by atoms with Gasteiger partial charge in [-0.25, -0.2) is 0 Å². The van der Waals surface area contributed by atoms with E-state index in [2.05, 4.69) is 10.1 Å². The van der Waals surface area contributed by atoms with Crippen LogP contribution >= 0.6 is 0 Å². The minimum Gasteiger partial charge on any atom is -0.497 e. The Hall–Kier alpha value is -3.35. The zero-order valence-corrected chi connectivity index (χ0v) is 16.3. The van der Waals surface area contributed by atoms with Gasteiger partial charge in [0.2, 0.25) is 5.89 Å². The Morgan fingerprint density at radius 2 is 1.83 bits per heavy atom. The maximum Gasteiger partial charge on any atom is 0.259 e. The van der Waals surface area contributed by atoms with Crippen molar-refractivity contribution in [1.82, 2.24) is 10.1 Å². The third kappa shape index (κ3) is 3.12.